The van der Waals surface area contributed by atoms with Crippen LogP contribution in [0.5, 0.6) is 11.5 Å². The first kappa shape index (κ1) is 20.4. The van der Waals surface area contributed by atoms with Gasteiger partial charge in [-0.15, -0.1) is 6.58 Å². The second-order valence-corrected chi connectivity index (χ2v) is 6.50. The van der Waals surface area contributed by atoms with Gasteiger partial charge in [0.2, 0.25) is 11.7 Å². The standard InChI is InChI=1S/C21H20ClN3O4/c1-4-11-25(21(26)17-12-15(22)7-10-18(17)28-3)13-19-23-20(24-29-19)14-5-8-16(27-2)9-6-14/h4-10,12H,1,11,13H2,2-3H3. The summed E-state index contributed by atoms with van der Waals surface area (Å²) in [5.74, 6) is 1.60. The van der Waals surface area contributed by atoms with Crippen LogP contribution in [0.3, 0.4) is 0 Å². The minimum Gasteiger partial charge on any atom is -0.497 e. The minimum absolute atomic E-state index is 0.115. The summed E-state index contributed by atoms with van der Waals surface area (Å²) >= 11 is 6.06. The first-order valence-electron chi connectivity index (χ1n) is 8.76. The fraction of sp³-hybridized carbons (Fsp3) is 0.190. The summed E-state index contributed by atoms with van der Waals surface area (Å²) in [5.41, 5.74) is 1.12. The number of nitrogens with zero attached hydrogens (tertiary/aromatic N) is 3. The molecule has 0 bridgehead atoms. The molecule has 29 heavy (non-hydrogen) atoms. The lowest BCUT2D eigenvalue weighted by Gasteiger charge is -2.20. The summed E-state index contributed by atoms with van der Waals surface area (Å²) in [6.45, 7) is 4.12. The van der Waals surface area contributed by atoms with Gasteiger partial charge in [-0.25, -0.2) is 0 Å². The third kappa shape index (κ3) is 4.75. The zero-order valence-electron chi connectivity index (χ0n) is 16.1. The van der Waals surface area contributed by atoms with Gasteiger partial charge in [0.15, 0.2) is 0 Å². The van der Waals surface area contributed by atoms with Crippen molar-refractivity contribution in [2.24, 2.45) is 0 Å². The molecule has 1 amide bonds. The normalized spacial score (nSPS) is 10.4. The summed E-state index contributed by atoms with van der Waals surface area (Å²) in [4.78, 5) is 19.0. The highest BCUT2D eigenvalue weighted by Crippen LogP contribution is 2.25. The average molecular weight is 414 g/mol. The average Bonchev–Trinajstić information content (AvgIpc) is 3.21. The number of rotatable bonds is 8. The Balaban J connectivity index is 1.82. The molecular formula is C21H20ClN3O4. The van der Waals surface area contributed by atoms with E-state index in [1.54, 1.807) is 31.4 Å². The van der Waals surface area contributed by atoms with Gasteiger partial charge in [0.25, 0.3) is 5.91 Å². The topological polar surface area (TPSA) is 77.7 Å². The molecule has 3 rings (SSSR count). The van der Waals surface area contributed by atoms with Gasteiger partial charge in [0.05, 0.1) is 19.8 Å². The molecule has 0 spiro atoms. The number of hydrogen-bond donors (Lipinski definition) is 0. The van der Waals surface area contributed by atoms with Crippen LogP contribution in [0.2, 0.25) is 5.02 Å². The van der Waals surface area contributed by atoms with Gasteiger partial charge in [-0.3, -0.25) is 4.79 Å². The first-order valence-corrected chi connectivity index (χ1v) is 9.14. The van der Waals surface area contributed by atoms with E-state index in [1.165, 1.54) is 12.0 Å². The number of carbonyl (C=O) groups is 1. The number of methoxy groups -OCH3 is 2. The lowest BCUT2D eigenvalue weighted by Crippen LogP contribution is -2.31. The first-order chi connectivity index (χ1) is 14.0. The highest BCUT2D eigenvalue weighted by atomic mass is 35.5. The molecule has 0 atom stereocenters. The lowest BCUT2D eigenvalue weighted by atomic mass is 10.1. The molecular weight excluding hydrogens is 394 g/mol. The molecule has 0 saturated heterocycles. The molecule has 0 radical (unpaired) electrons. The Morgan fingerprint density at radius 2 is 1.97 bits per heavy atom. The van der Waals surface area contributed by atoms with Gasteiger partial charge in [0, 0.05) is 17.1 Å². The van der Waals surface area contributed by atoms with E-state index in [9.17, 15) is 4.79 Å². The zero-order chi connectivity index (χ0) is 20.8. The van der Waals surface area contributed by atoms with Crippen molar-refractivity contribution in [2.75, 3.05) is 20.8 Å². The van der Waals surface area contributed by atoms with Crippen molar-refractivity contribution in [3.8, 4) is 22.9 Å². The van der Waals surface area contributed by atoms with Gasteiger partial charge in [-0.05, 0) is 42.5 Å². The van der Waals surface area contributed by atoms with Crippen LogP contribution in [0.4, 0.5) is 0 Å². The third-order valence-corrected chi connectivity index (χ3v) is 4.41. The molecule has 0 fully saturated rings. The lowest BCUT2D eigenvalue weighted by molar-refractivity contribution is 0.0742. The van der Waals surface area contributed by atoms with E-state index in [-0.39, 0.29) is 19.0 Å². The maximum absolute atomic E-state index is 13.1. The predicted octanol–water partition coefficient (Wildman–Crippen LogP) is 4.24. The molecule has 3 aromatic rings. The van der Waals surface area contributed by atoms with Crippen molar-refractivity contribution in [3.63, 3.8) is 0 Å². The van der Waals surface area contributed by atoms with E-state index in [0.29, 0.717) is 28.1 Å². The Morgan fingerprint density at radius 3 is 2.62 bits per heavy atom. The van der Waals surface area contributed by atoms with E-state index in [2.05, 4.69) is 16.7 Å². The summed E-state index contributed by atoms with van der Waals surface area (Å²) in [5, 5.41) is 4.44. The van der Waals surface area contributed by atoms with E-state index >= 15 is 0 Å². The van der Waals surface area contributed by atoms with Crippen LogP contribution in [0.25, 0.3) is 11.4 Å². The SMILES string of the molecule is C=CCN(Cc1nc(-c2ccc(OC)cc2)no1)C(=O)c1cc(Cl)ccc1OC. The molecule has 0 aliphatic carbocycles. The molecule has 150 valence electrons. The zero-order valence-corrected chi connectivity index (χ0v) is 16.8. The number of halogens is 1. The van der Waals surface area contributed by atoms with E-state index < -0.39 is 0 Å². The van der Waals surface area contributed by atoms with Gasteiger partial charge in [0.1, 0.15) is 18.0 Å². The molecule has 2 aromatic carbocycles. The maximum Gasteiger partial charge on any atom is 0.258 e. The number of carbonyl (C=O) groups excluding carboxylic acids is 1. The van der Waals surface area contributed by atoms with Crippen LogP contribution in [-0.2, 0) is 6.54 Å². The van der Waals surface area contributed by atoms with E-state index in [0.717, 1.165) is 11.3 Å². The number of benzene rings is 2. The molecule has 1 heterocycles. The Morgan fingerprint density at radius 1 is 1.21 bits per heavy atom. The van der Waals surface area contributed by atoms with Crippen LogP contribution >= 0.6 is 11.6 Å². The molecule has 0 saturated carbocycles. The Hall–Kier alpha value is -3.32. The maximum atomic E-state index is 13.1. The van der Waals surface area contributed by atoms with Crippen molar-refractivity contribution >= 4 is 17.5 Å². The molecule has 0 aliphatic heterocycles. The predicted molar refractivity (Wildman–Crippen MR) is 109 cm³/mol. The summed E-state index contributed by atoms with van der Waals surface area (Å²) in [6.07, 6.45) is 1.62. The fourth-order valence-electron chi connectivity index (χ4n) is 2.73. The smallest absolute Gasteiger partial charge is 0.258 e. The van der Waals surface area contributed by atoms with Crippen LogP contribution in [0, 0.1) is 0 Å². The minimum atomic E-state index is -0.284. The highest BCUT2D eigenvalue weighted by Gasteiger charge is 2.22. The second kappa shape index (κ2) is 9.25. The summed E-state index contributed by atoms with van der Waals surface area (Å²) < 4.78 is 15.8. The number of aromatic nitrogens is 2. The molecule has 0 unspecified atom stereocenters. The molecule has 1 aromatic heterocycles. The summed E-state index contributed by atoms with van der Waals surface area (Å²) in [6, 6.07) is 12.2. The number of amides is 1. The molecule has 0 N–H and O–H groups in total. The van der Waals surface area contributed by atoms with Crippen molar-refractivity contribution in [2.45, 2.75) is 6.54 Å². The fourth-order valence-corrected chi connectivity index (χ4v) is 2.90. The van der Waals surface area contributed by atoms with Crippen molar-refractivity contribution in [1.29, 1.82) is 0 Å². The Kier molecular flexibility index (Phi) is 6.51. The second-order valence-electron chi connectivity index (χ2n) is 6.06. The van der Waals surface area contributed by atoms with E-state index in [4.69, 9.17) is 25.6 Å². The van der Waals surface area contributed by atoms with Gasteiger partial charge >= 0.3 is 0 Å². The van der Waals surface area contributed by atoms with Gasteiger partial charge < -0.3 is 18.9 Å². The Bertz CT molecular complexity index is 1000. The number of ether oxygens (including phenoxy) is 2. The van der Waals surface area contributed by atoms with Crippen LogP contribution in [0.1, 0.15) is 16.2 Å². The number of hydrogen-bond acceptors (Lipinski definition) is 6. The van der Waals surface area contributed by atoms with Crippen molar-refractivity contribution in [3.05, 3.63) is 71.6 Å². The molecule has 7 nitrogen and oxygen atoms in total. The Labute approximate surface area is 173 Å². The largest absolute Gasteiger partial charge is 0.497 e. The van der Waals surface area contributed by atoms with Crippen LogP contribution in [0.15, 0.2) is 59.6 Å². The van der Waals surface area contributed by atoms with Crippen molar-refractivity contribution < 1.29 is 18.8 Å². The van der Waals surface area contributed by atoms with Gasteiger partial charge in [-0.2, -0.15) is 4.98 Å². The summed E-state index contributed by atoms with van der Waals surface area (Å²) in [7, 11) is 3.10. The van der Waals surface area contributed by atoms with Crippen LogP contribution in [-0.4, -0.2) is 41.7 Å². The molecule has 8 heteroatoms. The van der Waals surface area contributed by atoms with Gasteiger partial charge in [-0.1, -0.05) is 22.8 Å². The van der Waals surface area contributed by atoms with Crippen LogP contribution < -0.4 is 9.47 Å². The quantitative estimate of drug-likeness (QED) is 0.514. The third-order valence-electron chi connectivity index (χ3n) is 4.17. The highest BCUT2D eigenvalue weighted by molar-refractivity contribution is 6.31. The monoisotopic (exact) mass is 413 g/mol. The molecule has 0 aliphatic rings. The van der Waals surface area contributed by atoms with E-state index in [1.807, 2.05) is 24.3 Å². The van der Waals surface area contributed by atoms with Crippen molar-refractivity contribution in [1.82, 2.24) is 15.0 Å².